The molecule has 0 saturated carbocycles. The highest BCUT2D eigenvalue weighted by Crippen LogP contribution is 2.28. The number of hydrogen-bond donors (Lipinski definition) is 2. The number of rotatable bonds is 3. The third kappa shape index (κ3) is 4.91. The van der Waals surface area contributed by atoms with Crippen molar-refractivity contribution in [1.82, 2.24) is 5.32 Å². The lowest BCUT2D eigenvalue weighted by Crippen LogP contribution is -2.47. The van der Waals surface area contributed by atoms with E-state index < -0.39 is 35.1 Å². The van der Waals surface area contributed by atoms with Gasteiger partial charge >= 0.3 is 12.1 Å². The number of aliphatic hydroxyl groups is 1. The summed E-state index contributed by atoms with van der Waals surface area (Å²) in [6.45, 7) is 7.25. The van der Waals surface area contributed by atoms with Gasteiger partial charge in [-0.25, -0.2) is 4.79 Å². The minimum Gasteiger partial charge on any atom is -0.465 e. The average molecular weight is 291 g/mol. The molecule has 6 nitrogen and oxygen atoms in total. The van der Waals surface area contributed by atoms with Crippen molar-refractivity contribution in [1.29, 1.82) is 0 Å². The molecule has 0 aromatic heterocycles. The van der Waals surface area contributed by atoms with E-state index >= 15 is 0 Å². The lowest BCUT2D eigenvalue weighted by Gasteiger charge is -2.23. The average Bonchev–Trinajstić information content (AvgIpc) is 2.58. The van der Waals surface area contributed by atoms with Crippen LogP contribution in [0.5, 0.6) is 0 Å². The van der Waals surface area contributed by atoms with Crippen molar-refractivity contribution in [2.75, 3.05) is 12.4 Å². The zero-order chi connectivity index (χ0) is 14.6. The van der Waals surface area contributed by atoms with Crippen LogP contribution in [-0.4, -0.2) is 52.5 Å². The third-order valence-corrected chi connectivity index (χ3v) is 3.78. The Morgan fingerprint density at radius 2 is 2.05 bits per heavy atom. The van der Waals surface area contributed by atoms with Crippen molar-refractivity contribution >= 4 is 23.8 Å². The molecule has 3 unspecified atom stereocenters. The Labute approximate surface area is 117 Å². The second-order valence-electron chi connectivity index (χ2n) is 5.25. The molecule has 1 fully saturated rings. The summed E-state index contributed by atoms with van der Waals surface area (Å²) >= 11 is 1.27. The number of carbonyl (C=O) groups excluding carboxylic acids is 2. The van der Waals surface area contributed by atoms with Gasteiger partial charge in [-0.05, 0) is 27.7 Å². The van der Waals surface area contributed by atoms with E-state index in [9.17, 15) is 14.7 Å². The zero-order valence-electron chi connectivity index (χ0n) is 11.6. The SMILES string of the molecule is CCOC(=O)C1SCC(NC(=O)OC(C)(C)C)C1O. The predicted octanol–water partition coefficient (Wildman–Crippen LogP) is 0.919. The van der Waals surface area contributed by atoms with Crippen LogP contribution in [0.4, 0.5) is 4.79 Å². The van der Waals surface area contributed by atoms with Crippen LogP contribution in [0.1, 0.15) is 27.7 Å². The Hall–Kier alpha value is -0.950. The molecule has 1 heterocycles. The highest BCUT2D eigenvalue weighted by Gasteiger charge is 2.42. The van der Waals surface area contributed by atoms with Gasteiger partial charge in [0.25, 0.3) is 0 Å². The summed E-state index contributed by atoms with van der Waals surface area (Å²) in [5.74, 6) is -0.00217. The molecule has 110 valence electrons. The molecule has 0 spiro atoms. The summed E-state index contributed by atoms with van der Waals surface area (Å²) in [5.41, 5.74) is -0.596. The first kappa shape index (κ1) is 16.1. The summed E-state index contributed by atoms with van der Waals surface area (Å²) < 4.78 is 9.97. The minimum atomic E-state index is -0.962. The smallest absolute Gasteiger partial charge is 0.407 e. The van der Waals surface area contributed by atoms with Gasteiger partial charge in [-0.3, -0.25) is 4.79 Å². The first-order chi connectivity index (χ1) is 8.74. The first-order valence-electron chi connectivity index (χ1n) is 6.20. The minimum absolute atomic E-state index is 0.271. The van der Waals surface area contributed by atoms with Gasteiger partial charge in [-0.1, -0.05) is 0 Å². The lowest BCUT2D eigenvalue weighted by atomic mass is 10.1. The largest absolute Gasteiger partial charge is 0.465 e. The Balaban J connectivity index is 2.49. The maximum absolute atomic E-state index is 11.6. The Kier molecular flexibility index (Phi) is 5.49. The molecule has 1 saturated heterocycles. The van der Waals surface area contributed by atoms with Gasteiger partial charge in [0.05, 0.1) is 18.8 Å². The van der Waals surface area contributed by atoms with Crippen LogP contribution in [0.3, 0.4) is 0 Å². The standard InChI is InChI=1S/C12H21NO5S/c1-5-17-10(15)9-8(14)7(6-19-9)13-11(16)18-12(2,3)4/h7-9,14H,5-6H2,1-4H3,(H,13,16). The van der Waals surface area contributed by atoms with Crippen LogP contribution < -0.4 is 5.32 Å². The van der Waals surface area contributed by atoms with Crippen LogP contribution in [0.25, 0.3) is 0 Å². The van der Waals surface area contributed by atoms with E-state index in [4.69, 9.17) is 9.47 Å². The Morgan fingerprint density at radius 1 is 1.42 bits per heavy atom. The Morgan fingerprint density at radius 3 is 2.58 bits per heavy atom. The monoisotopic (exact) mass is 291 g/mol. The third-order valence-electron chi connectivity index (χ3n) is 2.40. The number of ether oxygens (including phenoxy) is 2. The summed E-state index contributed by atoms with van der Waals surface area (Å²) in [6, 6.07) is -0.505. The van der Waals surface area contributed by atoms with Gasteiger partial charge in [0.15, 0.2) is 0 Å². The van der Waals surface area contributed by atoms with E-state index in [0.717, 1.165) is 0 Å². The van der Waals surface area contributed by atoms with Gasteiger partial charge < -0.3 is 19.9 Å². The lowest BCUT2D eigenvalue weighted by molar-refractivity contribution is -0.144. The fourth-order valence-electron chi connectivity index (χ4n) is 1.63. The Bertz CT molecular complexity index is 342. The molecule has 3 atom stereocenters. The highest BCUT2D eigenvalue weighted by atomic mass is 32.2. The van der Waals surface area contributed by atoms with Crippen molar-refractivity contribution in [3.05, 3.63) is 0 Å². The molecule has 1 rings (SSSR count). The molecular weight excluding hydrogens is 270 g/mol. The number of thioether (sulfide) groups is 1. The normalized spacial score (nSPS) is 26.9. The number of carbonyl (C=O) groups is 2. The van der Waals surface area contributed by atoms with Crippen molar-refractivity contribution in [3.8, 4) is 0 Å². The van der Waals surface area contributed by atoms with E-state index in [-0.39, 0.29) is 6.61 Å². The second-order valence-corrected chi connectivity index (χ2v) is 6.42. The van der Waals surface area contributed by atoms with Crippen LogP contribution in [0, 0.1) is 0 Å². The number of alkyl carbamates (subject to hydrolysis) is 1. The first-order valence-corrected chi connectivity index (χ1v) is 7.25. The number of amides is 1. The predicted molar refractivity (Wildman–Crippen MR) is 72.0 cm³/mol. The summed E-state index contributed by atoms with van der Waals surface area (Å²) in [6.07, 6.45) is -1.56. The van der Waals surface area contributed by atoms with Gasteiger partial charge in [0.2, 0.25) is 0 Å². The van der Waals surface area contributed by atoms with E-state index in [1.807, 2.05) is 0 Å². The highest BCUT2D eigenvalue weighted by molar-refractivity contribution is 8.01. The molecule has 0 radical (unpaired) electrons. The maximum atomic E-state index is 11.6. The topological polar surface area (TPSA) is 84.9 Å². The summed E-state index contributed by atoms with van der Waals surface area (Å²) in [7, 11) is 0. The fraction of sp³-hybridized carbons (Fsp3) is 0.833. The van der Waals surface area contributed by atoms with Crippen molar-refractivity contribution in [2.24, 2.45) is 0 Å². The molecular formula is C12H21NO5S. The molecule has 1 aliphatic rings. The van der Waals surface area contributed by atoms with Crippen LogP contribution >= 0.6 is 11.8 Å². The zero-order valence-corrected chi connectivity index (χ0v) is 12.5. The van der Waals surface area contributed by atoms with Crippen LogP contribution in [0.15, 0.2) is 0 Å². The van der Waals surface area contributed by atoms with Gasteiger partial charge in [-0.15, -0.1) is 11.8 Å². The van der Waals surface area contributed by atoms with Gasteiger partial charge in [-0.2, -0.15) is 0 Å². The molecule has 2 N–H and O–H groups in total. The van der Waals surface area contributed by atoms with Crippen LogP contribution in [0.2, 0.25) is 0 Å². The molecule has 1 amide bonds. The number of aliphatic hydroxyl groups excluding tert-OH is 1. The molecule has 7 heteroatoms. The van der Waals surface area contributed by atoms with Crippen molar-refractivity contribution in [2.45, 2.75) is 50.7 Å². The molecule has 1 aliphatic heterocycles. The number of hydrogen-bond acceptors (Lipinski definition) is 6. The molecule has 0 bridgehead atoms. The molecule has 0 aromatic rings. The number of nitrogens with one attached hydrogen (secondary N) is 1. The molecule has 0 aromatic carbocycles. The van der Waals surface area contributed by atoms with E-state index in [1.165, 1.54) is 11.8 Å². The number of esters is 1. The maximum Gasteiger partial charge on any atom is 0.407 e. The molecule has 0 aliphatic carbocycles. The van der Waals surface area contributed by atoms with E-state index in [0.29, 0.717) is 5.75 Å². The summed E-state index contributed by atoms with van der Waals surface area (Å²) in [4.78, 5) is 23.2. The van der Waals surface area contributed by atoms with Gasteiger partial charge in [0, 0.05) is 5.75 Å². The van der Waals surface area contributed by atoms with Gasteiger partial charge in [0.1, 0.15) is 10.9 Å². The van der Waals surface area contributed by atoms with Crippen molar-refractivity contribution < 1.29 is 24.2 Å². The second kappa shape index (κ2) is 6.47. The fourth-order valence-corrected chi connectivity index (χ4v) is 2.92. The summed E-state index contributed by atoms with van der Waals surface area (Å²) in [5, 5.41) is 11.9. The van der Waals surface area contributed by atoms with Crippen molar-refractivity contribution in [3.63, 3.8) is 0 Å². The molecule has 19 heavy (non-hydrogen) atoms. The quantitative estimate of drug-likeness (QED) is 0.752. The van der Waals surface area contributed by atoms with E-state index in [2.05, 4.69) is 5.32 Å². The van der Waals surface area contributed by atoms with Crippen LogP contribution in [-0.2, 0) is 14.3 Å². The van der Waals surface area contributed by atoms with E-state index in [1.54, 1.807) is 27.7 Å².